The topological polar surface area (TPSA) is 88.9 Å². The fraction of sp³-hybridized carbons (Fsp3) is 0.250. The number of fused-ring (bicyclic) bond motifs is 1. The van der Waals surface area contributed by atoms with Gasteiger partial charge in [-0.3, -0.25) is 4.79 Å². The van der Waals surface area contributed by atoms with E-state index in [-0.39, 0.29) is 18.7 Å². The Labute approximate surface area is 231 Å². The first kappa shape index (κ1) is 28.6. The molecule has 0 spiro atoms. The molecule has 41 heavy (non-hydrogen) atoms. The van der Waals surface area contributed by atoms with Crippen molar-refractivity contribution in [2.45, 2.75) is 42.8 Å². The Kier molecular flexibility index (Phi) is 7.51. The summed E-state index contributed by atoms with van der Waals surface area (Å²) >= 11 is 0. The normalized spacial score (nSPS) is 17.5. The van der Waals surface area contributed by atoms with Crippen LogP contribution in [0.15, 0.2) is 88.4 Å². The molecule has 7 nitrogen and oxygen atoms in total. The summed E-state index contributed by atoms with van der Waals surface area (Å²) in [7, 11) is -4.56. The quantitative estimate of drug-likeness (QED) is 0.263. The number of amides is 1. The molecule has 0 saturated carbocycles. The van der Waals surface area contributed by atoms with Gasteiger partial charge in [0.25, 0.3) is 15.9 Å². The lowest BCUT2D eigenvalue weighted by molar-refractivity contribution is -0.137. The van der Waals surface area contributed by atoms with E-state index in [4.69, 9.17) is 9.15 Å². The smallest absolute Gasteiger partial charge is 0.416 e. The zero-order chi connectivity index (χ0) is 29.4. The van der Waals surface area contributed by atoms with Crippen molar-refractivity contribution >= 4 is 26.9 Å². The second kappa shape index (κ2) is 10.8. The number of nitrogens with zero attached hydrogens (tertiary/aromatic N) is 1. The summed E-state index contributed by atoms with van der Waals surface area (Å²) in [6.07, 6.45) is -5.43. The van der Waals surface area contributed by atoms with Crippen LogP contribution in [0, 0.1) is 0 Å². The maximum Gasteiger partial charge on any atom is 0.416 e. The number of furan rings is 1. The first-order valence-corrected chi connectivity index (χ1v) is 13.8. The van der Waals surface area contributed by atoms with Gasteiger partial charge in [0.2, 0.25) is 11.0 Å². The fourth-order valence-electron chi connectivity index (χ4n) is 4.47. The standard InChI is InChI=1S/C28H23F5N2O5S/c29-27(30)14-23(35(17-27)41(37,38)25-13-20-5-1-2-7-24(20)40-25)26(36)34-15-19-4-3-6-22(12-19)39-16-18-8-10-21(11-9-18)28(31,32)33/h1-13,23H,14-17H2,(H,34,36). The minimum absolute atomic E-state index is 0.0142. The molecule has 1 atom stereocenters. The van der Waals surface area contributed by atoms with Crippen molar-refractivity contribution in [3.63, 3.8) is 0 Å². The van der Waals surface area contributed by atoms with E-state index < -0.39 is 57.7 Å². The van der Waals surface area contributed by atoms with Crippen molar-refractivity contribution in [2.75, 3.05) is 6.54 Å². The van der Waals surface area contributed by atoms with Gasteiger partial charge in [-0.15, -0.1) is 0 Å². The van der Waals surface area contributed by atoms with Gasteiger partial charge < -0.3 is 14.5 Å². The molecule has 13 heteroatoms. The van der Waals surface area contributed by atoms with Crippen molar-refractivity contribution < 1.29 is 44.3 Å². The molecule has 1 fully saturated rings. The van der Waals surface area contributed by atoms with Gasteiger partial charge in [-0.1, -0.05) is 42.5 Å². The zero-order valence-electron chi connectivity index (χ0n) is 21.2. The Morgan fingerprint density at radius 2 is 1.73 bits per heavy atom. The molecular formula is C28H23F5N2O5S. The van der Waals surface area contributed by atoms with E-state index in [1.807, 2.05) is 0 Å². The molecule has 216 valence electrons. The Hall–Kier alpha value is -3.97. The highest BCUT2D eigenvalue weighted by atomic mass is 32.2. The number of nitrogens with one attached hydrogen (secondary N) is 1. The lowest BCUT2D eigenvalue weighted by Crippen LogP contribution is -2.45. The van der Waals surface area contributed by atoms with Crippen molar-refractivity contribution in [3.8, 4) is 5.75 Å². The van der Waals surface area contributed by atoms with Crippen LogP contribution in [0.3, 0.4) is 0 Å². The predicted octanol–water partition coefficient (Wildman–Crippen LogP) is 5.75. The van der Waals surface area contributed by atoms with Crippen LogP contribution in [0.2, 0.25) is 0 Å². The summed E-state index contributed by atoms with van der Waals surface area (Å²) in [5.74, 6) is -3.97. The second-order valence-corrected chi connectivity index (χ2v) is 11.4. The molecule has 1 amide bonds. The van der Waals surface area contributed by atoms with Crippen molar-refractivity contribution in [2.24, 2.45) is 0 Å². The molecule has 5 rings (SSSR count). The van der Waals surface area contributed by atoms with Crippen LogP contribution in [0.4, 0.5) is 22.0 Å². The number of hydrogen-bond donors (Lipinski definition) is 1. The molecular weight excluding hydrogens is 571 g/mol. The Morgan fingerprint density at radius 1 is 1.00 bits per heavy atom. The van der Waals surface area contributed by atoms with E-state index in [2.05, 4.69) is 5.32 Å². The first-order chi connectivity index (χ1) is 19.3. The summed E-state index contributed by atoms with van der Waals surface area (Å²) in [4.78, 5) is 13.0. The van der Waals surface area contributed by atoms with Crippen LogP contribution in [-0.4, -0.2) is 37.1 Å². The second-order valence-electron chi connectivity index (χ2n) is 9.58. The third-order valence-corrected chi connectivity index (χ3v) is 8.26. The van der Waals surface area contributed by atoms with Crippen LogP contribution in [0.5, 0.6) is 5.75 Å². The van der Waals surface area contributed by atoms with E-state index in [0.717, 1.165) is 12.1 Å². The number of rotatable bonds is 8. The maximum atomic E-state index is 14.4. The number of carbonyl (C=O) groups is 1. The molecule has 2 heterocycles. The fourth-order valence-corrected chi connectivity index (χ4v) is 6.04. The number of hydrogen-bond acceptors (Lipinski definition) is 5. The number of carbonyl (C=O) groups excluding carboxylic acids is 1. The van der Waals surface area contributed by atoms with E-state index in [1.54, 1.807) is 48.5 Å². The Bertz CT molecular complexity index is 1640. The molecule has 1 saturated heterocycles. The van der Waals surface area contributed by atoms with Gasteiger partial charge in [0.1, 0.15) is 24.0 Å². The van der Waals surface area contributed by atoms with Crippen molar-refractivity contribution in [1.82, 2.24) is 9.62 Å². The SMILES string of the molecule is O=C(NCc1cccc(OCc2ccc(C(F)(F)F)cc2)c1)C1CC(F)(F)CN1S(=O)(=O)c1cc2ccccc2o1. The van der Waals surface area contributed by atoms with Gasteiger partial charge >= 0.3 is 6.18 Å². The molecule has 0 aliphatic carbocycles. The zero-order valence-corrected chi connectivity index (χ0v) is 22.0. The van der Waals surface area contributed by atoms with Gasteiger partial charge in [-0.25, -0.2) is 17.2 Å². The number of para-hydroxylation sites is 1. The van der Waals surface area contributed by atoms with Gasteiger partial charge in [0, 0.05) is 24.4 Å². The maximum absolute atomic E-state index is 14.4. The third-order valence-electron chi connectivity index (χ3n) is 6.55. The highest BCUT2D eigenvalue weighted by molar-refractivity contribution is 7.89. The Morgan fingerprint density at radius 3 is 2.44 bits per heavy atom. The monoisotopic (exact) mass is 594 g/mol. The number of halogens is 5. The van der Waals surface area contributed by atoms with Gasteiger partial charge in [0.05, 0.1) is 12.1 Å². The van der Waals surface area contributed by atoms with Crippen LogP contribution in [0.25, 0.3) is 11.0 Å². The van der Waals surface area contributed by atoms with Crippen molar-refractivity contribution in [1.29, 1.82) is 0 Å². The molecule has 1 aromatic heterocycles. The molecule has 1 N–H and O–H groups in total. The first-order valence-electron chi connectivity index (χ1n) is 12.4. The predicted molar refractivity (Wildman–Crippen MR) is 138 cm³/mol. The average molecular weight is 595 g/mol. The largest absolute Gasteiger partial charge is 0.489 e. The van der Waals surface area contributed by atoms with Crippen LogP contribution >= 0.6 is 0 Å². The van der Waals surface area contributed by atoms with Crippen LogP contribution in [0.1, 0.15) is 23.1 Å². The molecule has 4 aromatic rings. The minimum Gasteiger partial charge on any atom is -0.489 e. The number of sulfonamides is 1. The van der Waals surface area contributed by atoms with Gasteiger partial charge in [-0.2, -0.15) is 17.5 Å². The Balaban J connectivity index is 1.24. The number of benzene rings is 3. The highest BCUT2D eigenvalue weighted by Gasteiger charge is 2.53. The molecule has 1 aliphatic rings. The molecule has 3 aromatic carbocycles. The van der Waals surface area contributed by atoms with Crippen molar-refractivity contribution in [3.05, 3.63) is 95.6 Å². The summed E-state index contributed by atoms with van der Waals surface area (Å²) in [5, 5.41) is 2.44. The molecule has 0 radical (unpaired) electrons. The van der Waals surface area contributed by atoms with Crippen LogP contribution in [-0.2, 0) is 34.1 Å². The summed E-state index contributed by atoms with van der Waals surface area (Å²) in [5.41, 5.74) is 0.519. The summed E-state index contributed by atoms with van der Waals surface area (Å²) < 4.78 is 105. The van der Waals surface area contributed by atoms with Gasteiger partial charge in [0.15, 0.2) is 0 Å². The van der Waals surface area contributed by atoms with E-state index >= 15 is 0 Å². The molecule has 1 aliphatic heterocycles. The average Bonchev–Trinajstić information content (AvgIpc) is 3.52. The molecule has 1 unspecified atom stereocenters. The van der Waals surface area contributed by atoms with E-state index in [9.17, 15) is 35.2 Å². The third kappa shape index (κ3) is 6.35. The van der Waals surface area contributed by atoms with Gasteiger partial charge in [-0.05, 0) is 41.5 Å². The number of alkyl halides is 5. The minimum atomic E-state index is -4.56. The highest BCUT2D eigenvalue weighted by Crippen LogP contribution is 2.37. The number of ether oxygens (including phenoxy) is 1. The lowest BCUT2D eigenvalue weighted by atomic mass is 10.1. The van der Waals surface area contributed by atoms with Crippen LogP contribution < -0.4 is 10.1 Å². The molecule has 0 bridgehead atoms. The summed E-state index contributed by atoms with van der Waals surface area (Å²) in [6.45, 7) is -1.30. The summed E-state index contributed by atoms with van der Waals surface area (Å²) in [6, 6.07) is 17.0. The lowest BCUT2D eigenvalue weighted by Gasteiger charge is -2.21. The van der Waals surface area contributed by atoms with E-state index in [0.29, 0.717) is 26.6 Å². The van der Waals surface area contributed by atoms with E-state index in [1.165, 1.54) is 18.2 Å².